The quantitative estimate of drug-likeness (QED) is 0.801. The van der Waals surface area contributed by atoms with Crippen molar-refractivity contribution in [2.75, 3.05) is 27.4 Å². The van der Waals surface area contributed by atoms with Crippen molar-refractivity contribution in [1.82, 2.24) is 5.32 Å². The van der Waals surface area contributed by atoms with Gasteiger partial charge in [0.05, 0.1) is 7.11 Å². The van der Waals surface area contributed by atoms with Gasteiger partial charge in [0.1, 0.15) is 0 Å². The Hall–Kier alpha value is -0.970. The standard InChI is InChI=1S/C13H20ClNO3/c1-9(8-17-2)6-15-7-10-4-11(14)5-12(18-3)13(10)16/h4-5,9,15-16H,6-8H2,1-3H3. The molecule has 102 valence electrons. The van der Waals surface area contributed by atoms with Crippen molar-refractivity contribution in [3.8, 4) is 11.5 Å². The first-order chi connectivity index (χ1) is 8.58. The van der Waals surface area contributed by atoms with Gasteiger partial charge in [-0.1, -0.05) is 18.5 Å². The molecule has 0 bridgehead atoms. The van der Waals surface area contributed by atoms with E-state index >= 15 is 0 Å². The molecule has 4 nitrogen and oxygen atoms in total. The molecule has 0 fully saturated rings. The lowest BCUT2D eigenvalue weighted by atomic mass is 10.1. The molecular formula is C13H20ClNO3. The van der Waals surface area contributed by atoms with E-state index in [0.717, 1.165) is 12.1 Å². The zero-order valence-corrected chi connectivity index (χ0v) is 11.8. The summed E-state index contributed by atoms with van der Waals surface area (Å²) in [6.45, 7) is 4.14. The molecule has 1 unspecified atom stereocenters. The van der Waals surface area contributed by atoms with Crippen molar-refractivity contribution in [3.63, 3.8) is 0 Å². The topological polar surface area (TPSA) is 50.7 Å². The van der Waals surface area contributed by atoms with Gasteiger partial charge in [0.15, 0.2) is 11.5 Å². The van der Waals surface area contributed by atoms with Gasteiger partial charge in [-0.25, -0.2) is 0 Å². The van der Waals surface area contributed by atoms with Crippen LogP contribution in [0.25, 0.3) is 0 Å². The van der Waals surface area contributed by atoms with Gasteiger partial charge in [-0.15, -0.1) is 0 Å². The normalized spacial score (nSPS) is 12.4. The summed E-state index contributed by atoms with van der Waals surface area (Å²) in [7, 11) is 3.19. The molecule has 0 saturated heterocycles. The molecule has 1 aromatic rings. The molecule has 2 N–H and O–H groups in total. The van der Waals surface area contributed by atoms with Crippen molar-refractivity contribution in [1.29, 1.82) is 0 Å². The van der Waals surface area contributed by atoms with Gasteiger partial charge >= 0.3 is 0 Å². The third-order valence-corrected chi connectivity index (χ3v) is 2.82. The number of halogens is 1. The average molecular weight is 274 g/mol. The van der Waals surface area contributed by atoms with E-state index in [1.165, 1.54) is 7.11 Å². The minimum atomic E-state index is 0.133. The van der Waals surface area contributed by atoms with Crippen LogP contribution in [0.3, 0.4) is 0 Å². The molecule has 0 amide bonds. The van der Waals surface area contributed by atoms with Crippen LogP contribution in [-0.4, -0.2) is 32.5 Å². The lowest BCUT2D eigenvalue weighted by Gasteiger charge is -2.13. The first-order valence-corrected chi connectivity index (χ1v) is 6.21. The molecule has 0 aliphatic heterocycles. The Labute approximate surface area is 113 Å². The molecule has 1 atom stereocenters. The van der Waals surface area contributed by atoms with Gasteiger partial charge in [-0.3, -0.25) is 0 Å². The molecule has 0 aromatic heterocycles. The Morgan fingerprint density at radius 1 is 1.39 bits per heavy atom. The van der Waals surface area contributed by atoms with Gasteiger partial charge in [0, 0.05) is 43.5 Å². The van der Waals surface area contributed by atoms with E-state index in [1.807, 2.05) is 0 Å². The summed E-state index contributed by atoms with van der Waals surface area (Å²) in [4.78, 5) is 0. The number of hydrogen-bond donors (Lipinski definition) is 2. The van der Waals surface area contributed by atoms with Crippen LogP contribution in [0, 0.1) is 5.92 Å². The van der Waals surface area contributed by atoms with Gasteiger partial charge in [0.25, 0.3) is 0 Å². The van der Waals surface area contributed by atoms with E-state index in [-0.39, 0.29) is 5.75 Å². The van der Waals surface area contributed by atoms with Crippen molar-refractivity contribution < 1.29 is 14.6 Å². The van der Waals surface area contributed by atoms with Crippen molar-refractivity contribution in [2.45, 2.75) is 13.5 Å². The number of hydrogen-bond acceptors (Lipinski definition) is 4. The van der Waals surface area contributed by atoms with Crippen LogP contribution in [0.2, 0.25) is 5.02 Å². The summed E-state index contributed by atoms with van der Waals surface area (Å²) < 4.78 is 10.1. The van der Waals surface area contributed by atoms with Crippen molar-refractivity contribution >= 4 is 11.6 Å². The fourth-order valence-corrected chi connectivity index (χ4v) is 1.95. The molecule has 0 radical (unpaired) electrons. The highest BCUT2D eigenvalue weighted by atomic mass is 35.5. The van der Waals surface area contributed by atoms with Gasteiger partial charge < -0.3 is 19.9 Å². The number of methoxy groups -OCH3 is 2. The molecule has 0 heterocycles. The minimum Gasteiger partial charge on any atom is -0.504 e. The lowest BCUT2D eigenvalue weighted by molar-refractivity contribution is 0.158. The summed E-state index contributed by atoms with van der Waals surface area (Å²) in [5.74, 6) is 0.941. The molecular weight excluding hydrogens is 254 g/mol. The summed E-state index contributed by atoms with van der Waals surface area (Å²) in [5.41, 5.74) is 0.726. The zero-order chi connectivity index (χ0) is 13.5. The van der Waals surface area contributed by atoms with Crippen LogP contribution in [-0.2, 0) is 11.3 Å². The second-order valence-corrected chi connectivity index (χ2v) is 4.74. The van der Waals surface area contributed by atoms with E-state index in [9.17, 15) is 5.11 Å². The van der Waals surface area contributed by atoms with Crippen LogP contribution < -0.4 is 10.1 Å². The maximum absolute atomic E-state index is 9.93. The number of rotatable bonds is 7. The fourth-order valence-electron chi connectivity index (χ4n) is 1.72. The Kier molecular flexibility index (Phi) is 6.25. The maximum atomic E-state index is 9.93. The molecule has 0 spiro atoms. The third-order valence-electron chi connectivity index (χ3n) is 2.60. The molecule has 18 heavy (non-hydrogen) atoms. The van der Waals surface area contributed by atoms with Crippen molar-refractivity contribution in [3.05, 3.63) is 22.7 Å². The summed E-state index contributed by atoms with van der Waals surface area (Å²) in [5, 5.41) is 13.7. The second kappa shape index (κ2) is 7.46. The first-order valence-electron chi connectivity index (χ1n) is 5.83. The van der Waals surface area contributed by atoms with Gasteiger partial charge in [-0.2, -0.15) is 0 Å². The highest BCUT2D eigenvalue weighted by molar-refractivity contribution is 6.30. The predicted molar refractivity (Wildman–Crippen MR) is 72.4 cm³/mol. The minimum absolute atomic E-state index is 0.133. The Morgan fingerprint density at radius 2 is 2.11 bits per heavy atom. The molecule has 0 aliphatic rings. The first kappa shape index (κ1) is 15.1. The molecule has 1 aromatic carbocycles. The number of nitrogens with one attached hydrogen (secondary N) is 1. The molecule has 1 rings (SSSR count). The zero-order valence-electron chi connectivity index (χ0n) is 11.0. The smallest absolute Gasteiger partial charge is 0.162 e. The lowest BCUT2D eigenvalue weighted by Crippen LogP contribution is -2.23. The largest absolute Gasteiger partial charge is 0.504 e. The monoisotopic (exact) mass is 273 g/mol. The molecule has 0 saturated carbocycles. The van der Waals surface area contributed by atoms with E-state index in [4.69, 9.17) is 21.1 Å². The van der Waals surface area contributed by atoms with Crippen LogP contribution in [0.1, 0.15) is 12.5 Å². The van der Waals surface area contributed by atoms with E-state index in [1.54, 1.807) is 19.2 Å². The second-order valence-electron chi connectivity index (χ2n) is 4.31. The van der Waals surface area contributed by atoms with E-state index in [2.05, 4.69) is 12.2 Å². The maximum Gasteiger partial charge on any atom is 0.162 e. The Balaban J connectivity index is 2.59. The Morgan fingerprint density at radius 3 is 2.72 bits per heavy atom. The highest BCUT2D eigenvalue weighted by Gasteiger charge is 2.10. The summed E-state index contributed by atoms with van der Waals surface area (Å²) in [6, 6.07) is 3.32. The van der Waals surface area contributed by atoms with Crippen LogP contribution in [0.15, 0.2) is 12.1 Å². The third kappa shape index (κ3) is 4.37. The SMILES string of the molecule is COCC(C)CNCc1cc(Cl)cc(OC)c1O. The molecule has 0 aliphatic carbocycles. The highest BCUT2D eigenvalue weighted by Crippen LogP contribution is 2.33. The average Bonchev–Trinajstić information content (AvgIpc) is 2.33. The summed E-state index contributed by atoms with van der Waals surface area (Å²) >= 11 is 5.95. The van der Waals surface area contributed by atoms with Crippen LogP contribution >= 0.6 is 11.6 Å². The summed E-state index contributed by atoms with van der Waals surface area (Å²) in [6.07, 6.45) is 0. The van der Waals surface area contributed by atoms with Gasteiger partial charge in [-0.05, 0) is 12.0 Å². The number of aromatic hydroxyl groups is 1. The number of phenolic OH excluding ortho intramolecular Hbond substituents is 1. The van der Waals surface area contributed by atoms with Crippen molar-refractivity contribution in [2.24, 2.45) is 5.92 Å². The van der Waals surface area contributed by atoms with E-state index in [0.29, 0.717) is 29.8 Å². The fraction of sp³-hybridized carbons (Fsp3) is 0.538. The predicted octanol–water partition coefficient (Wildman–Crippen LogP) is 2.43. The number of phenols is 1. The number of benzene rings is 1. The Bertz CT molecular complexity index is 385. The van der Waals surface area contributed by atoms with E-state index < -0.39 is 0 Å². The van der Waals surface area contributed by atoms with Gasteiger partial charge in [0.2, 0.25) is 0 Å². The number of ether oxygens (including phenoxy) is 2. The molecule has 5 heteroatoms. The van der Waals surface area contributed by atoms with Crippen LogP contribution in [0.4, 0.5) is 0 Å². The van der Waals surface area contributed by atoms with Crippen LogP contribution in [0.5, 0.6) is 11.5 Å².